The Kier molecular flexibility index (Phi) is 6.41. The number of rotatable bonds is 6. The van der Waals surface area contributed by atoms with Gasteiger partial charge < -0.3 is 10.1 Å². The van der Waals surface area contributed by atoms with Crippen LogP contribution in [0.15, 0.2) is 51.8 Å². The van der Waals surface area contributed by atoms with Gasteiger partial charge in [-0.1, -0.05) is 27.5 Å². The number of benzene rings is 2. The van der Waals surface area contributed by atoms with Gasteiger partial charge in [-0.3, -0.25) is 9.52 Å². The predicted molar refractivity (Wildman–Crippen MR) is 108 cm³/mol. The largest absolute Gasteiger partial charge is 0.376 e. The molecule has 144 valence electrons. The molecular formula is C18H18BrClN2O4S. The Balaban J connectivity index is 1.76. The highest BCUT2D eigenvalue weighted by Gasteiger charge is 2.21. The molecule has 1 saturated heterocycles. The van der Waals surface area contributed by atoms with E-state index in [9.17, 15) is 13.2 Å². The van der Waals surface area contributed by atoms with Crippen molar-refractivity contribution in [1.29, 1.82) is 0 Å². The summed E-state index contributed by atoms with van der Waals surface area (Å²) in [6.07, 6.45) is 1.84. The number of carbonyl (C=O) groups excluding carboxylic acids is 1. The van der Waals surface area contributed by atoms with Gasteiger partial charge in [-0.2, -0.15) is 0 Å². The zero-order valence-electron chi connectivity index (χ0n) is 14.2. The van der Waals surface area contributed by atoms with Crippen molar-refractivity contribution < 1.29 is 17.9 Å². The zero-order chi connectivity index (χ0) is 19.4. The minimum Gasteiger partial charge on any atom is -0.376 e. The number of anilines is 1. The average molecular weight is 474 g/mol. The monoisotopic (exact) mass is 472 g/mol. The van der Waals surface area contributed by atoms with Crippen LogP contribution in [0.3, 0.4) is 0 Å². The fraction of sp³-hybridized carbons (Fsp3) is 0.278. The second kappa shape index (κ2) is 8.60. The smallest absolute Gasteiger partial charge is 0.261 e. The number of nitrogens with one attached hydrogen (secondary N) is 2. The summed E-state index contributed by atoms with van der Waals surface area (Å²) in [5.41, 5.74) is 0.519. The first-order valence-electron chi connectivity index (χ1n) is 8.33. The lowest BCUT2D eigenvalue weighted by Crippen LogP contribution is -2.32. The highest BCUT2D eigenvalue weighted by Crippen LogP contribution is 2.23. The molecule has 2 N–H and O–H groups in total. The topological polar surface area (TPSA) is 84.5 Å². The maximum Gasteiger partial charge on any atom is 0.261 e. The molecule has 2 aromatic carbocycles. The van der Waals surface area contributed by atoms with E-state index in [1.54, 1.807) is 24.3 Å². The van der Waals surface area contributed by atoms with Gasteiger partial charge in [0.15, 0.2) is 0 Å². The number of sulfonamides is 1. The number of hydrogen-bond acceptors (Lipinski definition) is 4. The van der Waals surface area contributed by atoms with Gasteiger partial charge in [0.2, 0.25) is 0 Å². The standard InChI is InChI=1S/C18H18BrClN2O4S/c19-12-3-5-13(6-4-12)22-27(24,25)15-7-8-17(20)16(10-15)18(23)21-11-14-2-1-9-26-14/h3-8,10,14,22H,1-2,9,11H2,(H,21,23)/t14-/m1/s1. The van der Waals surface area contributed by atoms with Crippen molar-refractivity contribution in [1.82, 2.24) is 5.32 Å². The Morgan fingerprint density at radius 3 is 2.63 bits per heavy atom. The van der Waals surface area contributed by atoms with Crippen molar-refractivity contribution in [3.63, 3.8) is 0 Å². The maximum absolute atomic E-state index is 12.6. The molecule has 0 unspecified atom stereocenters. The van der Waals surface area contributed by atoms with Gasteiger partial charge in [-0.05, 0) is 55.3 Å². The van der Waals surface area contributed by atoms with E-state index in [1.807, 2.05) is 0 Å². The molecule has 1 aliphatic heterocycles. The lowest BCUT2D eigenvalue weighted by molar-refractivity contribution is 0.0857. The quantitative estimate of drug-likeness (QED) is 0.668. The van der Waals surface area contributed by atoms with E-state index in [0.29, 0.717) is 18.8 Å². The molecule has 0 radical (unpaired) electrons. The summed E-state index contributed by atoms with van der Waals surface area (Å²) in [6.45, 7) is 1.06. The first-order valence-corrected chi connectivity index (χ1v) is 11.0. The Hall–Kier alpha value is -1.61. The van der Waals surface area contributed by atoms with Crippen LogP contribution in [-0.4, -0.2) is 33.6 Å². The third-order valence-corrected chi connectivity index (χ3v) is 6.34. The second-order valence-electron chi connectivity index (χ2n) is 6.10. The molecule has 0 aliphatic carbocycles. The van der Waals surface area contributed by atoms with Crippen LogP contribution in [0.2, 0.25) is 5.02 Å². The average Bonchev–Trinajstić information content (AvgIpc) is 3.15. The van der Waals surface area contributed by atoms with E-state index < -0.39 is 15.9 Å². The predicted octanol–water partition coefficient (Wildman–Crippen LogP) is 3.81. The molecule has 0 aromatic heterocycles. The molecule has 9 heteroatoms. The molecule has 3 rings (SSSR count). The molecule has 27 heavy (non-hydrogen) atoms. The molecule has 1 fully saturated rings. The number of amides is 1. The minimum absolute atomic E-state index is 0.0151. The van der Waals surface area contributed by atoms with Crippen LogP contribution in [0.25, 0.3) is 0 Å². The fourth-order valence-electron chi connectivity index (χ4n) is 2.68. The molecule has 0 spiro atoms. The molecule has 2 aromatic rings. The van der Waals surface area contributed by atoms with Gasteiger partial charge in [0.05, 0.1) is 21.6 Å². The zero-order valence-corrected chi connectivity index (χ0v) is 17.4. The SMILES string of the molecule is O=C(NC[C@H]1CCCO1)c1cc(S(=O)(=O)Nc2ccc(Br)cc2)ccc1Cl. The molecule has 1 amide bonds. The van der Waals surface area contributed by atoms with E-state index in [2.05, 4.69) is 26.0 Å². The first kappa shape index (κ1) is 20.1. The van der Waals surface area contributed by atoms with Crippen LogP contribution >= 0.6 is 27.5 Å². The number of carbonyl (C=O) groups is 1. The highest BCUT2D eigenvalue weighted by molar-refractivity contribution is 9.10. The van der Waals surface area contributed by atoms with Crippen LogP contribution in [-0.2, 0) is 14.8 Å². The summed E-state index contributed by atoms with van der Waals surface area (Å²) in [6, 6.07) is 10.8. The fourth-order valence-corrected chi connectivity index (χ4v) is 4.24. The lowest BCUT2D eigenvalue weighted by Gasteiger charge is -2.13. The Morgan fingerprint density at radius 2 is 1.96 bits per heavy atom. The van der Waals surface area contributed by atoms with Gasteiger partial charge in [0, 0.05) is 23.3 Å². The van der Waals surface area contributed by atoms with Gasteiger partial charge in [0.1, 0.15) is 0 Å². The molecule has 0 saturated carbocycles. The normalized spacial score (nSPS) is 16.9. The highest BCUT2D eigenvalue weighted by atomic mass is 79.9. The summed E-state index contributed by atoms with van der Waals surface area (Å²) in [7, 11) is -3.86. The van der Waals surface area contributed by atoms with Crippen molar-refractivity contribution >= 4 is 49.1 Å². The Morgan fingerprint density at radius 1 is 1.22 bits per heavy atom. The molecule has 0 bridgehead atoms. The lowest BCUT2D eigenvalue weighted by atomic mass is 10.2. The maximum atomic E-state index is 12.6. The minimum atomic E-state index is -3.86. The molecule has 1 heterocycles. The second-order valence-corrected chi connectivity index (χ2v) is 9.10. The Labute approximate surface area is 171 Å². The van der Waals surface area contributed by atoms with Crippen LogP contribution in [0.5, 0.6) is 0 Å². The van der Waals surface area contributed by atoms with Crippen molar-refractivity contribution in [2.24, 2.45) is 0 Å². The van der Waals surface area contributed by atoms with E-state index in [1.165, 1.54) is 18.2 Å². The van der Waals surface area contributed by atoms with Crippen LogP contribution in [0.1, 0.15) is 23.2 Å². The van der Waals surface area contributed by atoms with Gasteiger partial charge >= 0.3 is 0 Å². The number of hydrogen-bond donors (Lipinski definition) is 2. The van der Waals surface area contributed by atoms with Crippen molar-refractivity contribution in [2.45, 2.75) is 23.8 Å². The van der Waals surface area contributed by atoms with Crippen molar-refractivity contribution in [3.8, 4) is 0 Å². The van der Waals surface area contributed by atoms with Gasteiger partial charge in [0.25, 0.3) is 15.9 Å². The third-order valence-electron chi connectivity index (χ3n) is 4.10. The summed E-state index contributed by atoms with van der Waals surface area (Å²) >= 11 is 9.40. The molecule has 1 atom stereocenters. The summed E-state index contributed by atoms with van der Waals surface area (Å²) in [4.78, 5) is 12.4. The van der Waals surface area contributed by atoms with E-state index in [4.69, 9.17) is 16.3 Å². The van der Waals surface area contributed by atoms with Gasteiger partial charge in [-0.25, -0.2) is 8.42 Å². The van der Waals surface area contributed by atoms with Crippen LogP contribution in [0.4, 0.5) is 5.69 Å². The van der Waals surface area contributed by atoms with Crippen LogP contribution in [0, 0.1) is 0 Å². The van der Waals surface area contributed by atoms with Gasteiger partial charge in [-0.15, -0.1) is 0 Å². The van der Waals surface area contributed by atoms with Crippen LogP contribution < -0.4 is 10.0 Å². The number of halogens is 2. The summed E-state index contributed by atoms with van der Waals surface area (Å²) < 4.78 is 34.0. The Bertz CT molecular complexity index is 929. The molecule has 1 aliphatic rings. The molecular weight excluding hydrogens is 456 g/mol. The van der Waals surface area contributed by atoms with Crippen molar-refractivity contribution in [3.05, 3.63) is 57.5 Å². The third kappa shape index (κ3) is 5.22. The molecule has 6 nitrogen and oxygen atoms in total. The summed E-state index contributed by atoms with van der Waals surface area (Å²) in [5.74, 6) is -0.434. The summed E-state index contributed by atoms with van der Waals surface area (Å²) in [5, 5.41) is 2.93. The number of ether oxygens (including phenoxy) is 1. The van der Waals surface area contributed by atoms with E-state index in [-0.39, 0.29) is 21.6 Å². The van der Waals surface area contributed by atoms with Crippen molar-refractivity contribution in [2.75, 3.05) is 17.9 Å². The van der Waals surface area contributed by atoms with E-state index in [0.717, 1.165) is 17.3 Å². The van der Waals surface area contributed by atoms with E-state index >= 15 is 0 Å². The first-order chi connectivity index (χ1) is 12.8.